The van der Waals surface area contributed by atoms with Crippen molar-refractivity contribution in [2.45, 2.75) is 0 Å². The van der Waals surface area contributed by atoms with E-state index in [-0.39, 0.29) is 0 Å². The summed E-state index contributed by atoms with van der Waals surface area (Å²) in [6.07, 6.45) is 0. The van der Waals surface area contributed by atoms with Gasteiger partial charge in [0.1, 0.15) is 0 Å². The van der Waals surface area contributed by atoms with Crippen molar-refractivity contribution in [3.8, 4) is 0 Å². The Morgan fingerprint density at radius 2 is 1.83 bits per heavy atom. The minimum atomic E-state index is -3.37. The van der Waals surface area contributed by atoms with Crippen molar-refractivity contribution in [1.29, 1.82) is 0 Å². The molecule has 3 radical (unpaired) electrons. The fourth-order valence-corrected chi connectivity index (χ4v) is 0. The molecule has 0 aliphatic rings. The molecule has 0 fully saturated rings. The van der Waals surface area contributed by atoms with Crippen molar-refractivity contribution in [1.82, 2.24) is 2.94 Å². The third-order valence-corrected chi connectivity index (χ3v) is 2.86. The molecular formula is H3N2O2SSn. The molecule has 0 heterocycles. The monoisotopic (exact) mass is 215 g/mol. The number of nitrogens with two attached hydrogens (primary N) is 1. The van der Waals surface area contributed by atoms with Gasteiger partial charge in [0.2, 0.25) is 0 Å². The molecule has 6 heavy (non-hydrogen) atoms. The maximum absolute atomic E-state index is 9.69. The molecule has 0 bridgehead atoms. The first kappa shape index (κ1) is 6.67. The Morgan fingerprint density at radius 1 is 1.67 bits per heavy atom. The number of hydrogen-bond acceptors (Lipinski definition) is 2. The van der Waals surface area contributed by atoms with Gasteiger partial charge < -0.3 is 0 Å². The van der Waals surface area contributed by atoms with Crippen molar-refractivity contribution in [2.75, 3.05) is 0 Å². The second-order valence-electron chi connectivity index (χ2n) is 0.647. The Balaban J connectivity index is 3.85. The van der Waals surface area contributed by atoms with Crippen molar-refractivity contribution < 1.29 is 8.42 Å². The summed E-state index contributed by atoms with van der Waals surface area (Å²) in [7, 11) is -3.37. The first-order valence-corrected chi connectivity index (χ1v) is 4.00. The number of hydrogen-bond donors (Lipinski definition) is 2. The van der Waals surface area contributed by atoms with Gasteiger partial charge in [-0.2, -0.15) is 0 Å². The van der Waals surface area contributed by atoms with Crippen LogP contribution in [0.25, 0.3) is 0 Å². The van der Waals surface area contributed by atoms with E-state index in [1.54, 1.807) is 0 Å². The van der Waals surface area contributed by atoms with Crippen molar-refractivity contribution in [3.63, 3.8) is 0 Å². The molecule has 4 nitrogen and oxygen atoms in total. The summed E-state index contributed by atoms with van der Waals surface area (Å²) in [5.74, 6) is 0. The molecule has 3 N–H and O–H groups in total. The maximum atomic E-state index is 9.69. The van der Waals surface area contributed by atoms with Crippen LogP contribution in [0.15, 0.2) is 0 Å². The van der Waals surface area contributed by atoms with Crippen LogP contribution in [0.1, 0.15) is 0 Å². The van der Waals surface area contributed by atoms with Gasteiger partial charge >= 0.3 is 49.5 Å². The summed E-state index contributed by atoms with van der Waals surface area (Å²) in [6.45, 7) is 0. The van der Waals surface area contributed by atoms with Crippen LogP contribution in [0, 0.1) is 0 Å². The van der Waals surface area contributed by atoms with Crippen LogP contribution in [0.5, 0.6) is 0 Å². The van der Waals surface area contributed by atoms with Crippen LogP contribution in [0.2, 0.25) is 0 Å². The molecule has 0 aromatic rings. The fraction of sp³-hybridized carbons (Fsp3) is 0. The van der Waals surface area contributed by atoms with Crippen molar-refractivity contribution >= 4 is 33.0 Å². The Morgan fingerprint density at radius 3 is 1.83 bits per heavy atom. The van der Waals surface area contributed by atoms with Crippen LogP contribution in [-0.2, 0) is 10.2 Å². The molecule has 0 saturated heterocycles. The molecule has 0 aliphatic heterocycles. The minimum absolute atomic E-state index is 0.688. The molecule has 0 aromatic carbocycles. The van der Waals surface area contributed by atoms with Gasteiger partial charge in [0, 0.05) is 0 Å². The SMILES string of the molecule is NS(=O)(=O)[NH][Sn]. The van der Waals surface area contributed by atoms with E-state index in [1.807, 2.05) is 2.94 Å². The van der Waals surface area contributed by atoms with Crippen LogP contribution < -0.4 is 8.08 Å². The Kier molecular flexibility index (Phi) is 2.34. The first-order chi connectivity index (χ1) is 2.56. The van der Waals surface area contributed by atoms with Gasteiger partial charge in [-0.15, -0.1) is 0 Å². The van der Waals surface area contributed by atoms with Gasteiger partial charge in [-0.25, -0.2) is 0 Å². The van der Waals surface area contributed by atoms with E-state index in [0.717, 1.165) is 0 Å². The zero-order valence-electron chi connectivity index (χ0n) is 2.80. The van der Waals surface area contributed by atoms with Gasteiger partial charge in [-0.3, -0.25) is 0 Å². The van der Waals surface area contributed by atoms with Gasteiger partial charge in [-0.1, -0.05) is 0 Å². The number of nitrogens with one attached hydrogen (secondary N) is 1. The third kappa shape index (κ3) is 4.67. The predicted octanol–water partition coefficient (Wildman–Crippen LogP) is -2.14. The van der Waals surface area contributed by atoms with E-state index < -0.39 is 10.2 Å². The standard InChI is InChI=1S/H3N2O2S.Sn/c1-5(2,3)4;/h(H3-,1,2,3,4);/q-1;+1. The van der Waals surface area contributed by atoms with E-state index >= 15 is 0 Å². The Bertz CT molecular complexity index is 114. The summed E-state index contributed by atoms with van der Waals surface area (Å²) < 4.78 is 21.3. The molecular weight excluding hydrogens is 211 g/mol. The number of rotatable bonds is 1. The molecule has 0 unspecified atom stereocenters. The average molecular weight is 214 g/mol. The normalized spacial score (nSPS) is 11.7. The summed E-state index contributed by atoms with van der Waals surface area (Å²) in [4.78, 5) is 0. The summed E-state index contributed by atoms with van der Waals surface area (Å²) >= 11 is 0.688. The van der Waals surface area contributed by atoms with E-state index in [1.165, 1.54) is 0 Å². The molecule has 0 aromatic heterocycles. The van der Waals surface area contributed by atoms with Crippen LogP contribution >= 0.6 is 0 Å². The Hall–Kier alpha value is 0.669. The van der Waals surface area contributed by atoms with E-state index in [4.69, 9.17) is 0 Å². The zero-order chi connectivity index (χ0) is 5.21. The molecule has 0 rings (SSSR count). The zero-order valence-corrected chi connectivity index (χ0v) is 6.47. The van der Waals surface area contributed by atoms with Crippen LogP contribution in [0.4, 0.5) is 0 Å². The molecule has 0 atom stereocenters. The second kappa shape index (κ2) is 2.10. The van der Waals surface area contributed by atoms with Crippen molar-refractivity contribution in [2.24, 2.45) is 5.14 Å². The van der Waals surface area contributed by atoms with E-state index in [2.05, 4.69) is 5.14 Å². The summed E-state index contributed by atoms with van der Waals surface area (Å²) in [6, 6.07) is 0. The molecule has 6 heteroatoms. The molecule has 0 saturated carbocycles. The molecule has 35 valence electrons. The first-order valence-electron chi connectivity index (χ1n) is 1.02. The van der Waals surface area contributed by atoms with Crippen LogP contribution in [-0.4, -0.2) is 31.2 Å². The third-order valence-electron chi connectivity index (χ3n) is 0.142. The molecule has 0 aliphatic carbocycles. The molecule has 0 spiro atoms. The summed E-state index contributed by atoms with van der Waals surface area (Å²) in [5, 5.41) is 4.42. The van der Waals surface area contributed by atoms with Gasteiger partial charge in [0.25, 0.3) is 0 Å². The second-order valence-corrected chi connectivity index (χ2v) is 3.69. The van der Waals surface area contributed by atoms with E-state index in [0.29, 0.717) is 22.8 Å². The van der Waals surface area contributed by atoms with Gasteiger partial charge in [-0.05, 0) is 0 Å². The fourth-order valence-electron chi connectivity index (χ4n) is 0. The molecule has 0 amide bonds. The quantitative estimate of drug-likeness (QED) is 0.489. The topological polar surface area (TPSA) is 72.2 Å². The van der Waals surface area contributed by atoms with Gasteiger partial charge in [0.15, 0.2) is 0 Å². The van der Waals surface area contributed by atoms with E-state index in [9.17, 15) is 8.42 Å². The summed E-state index contributed by atoms with van der Waals surface area (Å²) in [5.41, 5.74) is 0. The van der Waals surface area contributed by atoms with Crippen LogP contribution in [0.3, 0.4) is 0 Å². The predicted molar refractivity (Wildman–Crippen MR) is 22.0 cm³/mol. The van der Waals surface area contributed by atoms with Gasteiger partial charge in [0.05, 0.1) is 0 Å². The van der Waals surface area contributed by atoms with Crippen molar-refractivity contribution in [3.05, 3.63) is 0 Å². The average Bonchev–Trinajstić information content (AvgIpc) is 1.35. The Labute approximate surface area is 49.7 Å².